The summed E-state index contributed by atoms with van der Waals surface area (Å²) in [4.78, 5) is 14.3. The third-order valence-electron chi connectivity index (χ3n) is 4.15. The number of carbonyl (C=O) groups is 1. The largest absolute Gasteiger partial charge is 0.495 e. The Hall–Kier alpha value is -2.18. The zero-order valence-corrected chi connectivity index (χ0v) is 15.0. The van der Waals surface area contributed by atoms with E-state index in [9.17, 15) is 4.79 Å². The Kier molecular flexibility index (Phi) is 5.83. The summed E-state index contributed by atoms with van der Waals surface area (Å²) in [5, 5.41) is 8.93. The fourth-order valence-electron chi connectivity index (χ4n) is 2.95. The van der Waals surface area contributed by atoms with Gasteiger partial charge in [-0.25, -0.2) is 4.31 Å². The summed E-state index contributed by atoms with van der Waals surface area (Å²) >= 11 is 1.70. The zero-order valence-electron chi connectivity index (χ0n) is 14.2. The van der Waals surface area contributed by atoms with E-state index in [2.05, 4.69) is 15.3 Å². The SMILES string of the molecule is COc1ccccc1N1CCN(Sc2cccc(CC(=O)O)c2)CC1. The van der Waals surface area contributed by atoms with E-state index in [1.165, 1.54) is 0 Å². The van der Waals surface area contributed by atoms with E-state index < -0.39 is 5.97 Å². The van der Waals surface area contributed by atoms with Crippen molar-refractivity contribution in [1.29, 1.82) is 0 Å². The zero-order chi connectivity index (χ0) is 17.6. The van der Waals surface area contributed by atoms with Crippen LogP contribution in [0.5, 0.6) is 5.75 Å². The molecule has 0 bridgehead atoms. The number of carboxylic acid groups (broad SMARTS) is 1. The molecule has 1 heterocycles. The number of nitrogens with zero attached hydrogens (tertiary/aromatic N) is 2. The molecule has 0 saturated carbocycles. The average molecular weight is 358 g/mol. The van der Waals surface area contributed by atoms with Gasteiger partial charge in [-0.15, -0.1) is 0 Å². The molecule has 0 radical (unpaired) electrons. The molecule has 0 aromatic heterocycles. The number of aliphatic carboxylic acids is 1. The van der Waals surface area contributed by atoms with Gasteiger partial charge in [-0.05, 0) is 41.8 Å². The Morgan fingerprint density at radius 1 is 1.12 bits per heavy atom. The molecular weight excluding hydrogens is 336 g/mol. The maximum absolute atomic E-state index is 10.9. The quantitative estimate of drug-likeness (QED) is 0.801. The van der Waals surface area contributed by atoms with E-state index in [4.69, 9.17) is 9.84 Å². The number of hydrogen-bond acceptors (Lipinski definition) is 5. The van der Waals surface area contributed by atoms with Gasteiger partial charge in [0.05, 0.1) is 19.2 Å². The second-order valence-corrected chi connectivity index (χ2v) is 7.07. The molecule has 1 saturated heterocycles. The number of piperazine rings is 1. The molecule has 5 nitrogen and oxygen atoms in total. The van der Waals surface area contributed by atoms with Gasteiger partial charge in [-0.1, -0.05) is 24.3 Å². The van der Waals surface area contributed by atoms with Crippen molar-refractivity contribution in [3.63, 3.8) is 0 Å². The van der Waals surface area contributed by atoms with Gasteiger partial charge >= 0.3 is 5.97 Å². The van der Waals surface area contributed by atoms with Crippen LogP contribution in [-0.4, -0.2) is 48.7 Å². The van der Waals surface area contributed by atoms with Gasteiger partial charge < -0.3 is 14.7 Å². The standard InChI is InChI=1S/C19H22N2O3S/c1-24-18-8-3-2-7-17(18)20-9-11-21(12-10-20)25-16-6-4-5-15(13-16)14-19(22)23/h2-8,13H,9-12,14H2,1H3,(H,22,23). The van der Waals surface area contributed by atoms with Crippen molar-refractivity contribution in [2.24, 2.45) is 0 Å². The van der Waals surface area contributed by atoms with Gasteiger partial charge in [-0.3, -0.25) is 4.79 Å². The number of hydrogen-bond donors (Lipinski definition) is 1. The average Bonchev–Trinajstić information content (AvgIpc) is 2.62. The predicted molar refractivity (Wildman–Crippen MR) is 100 cm³/mol. The number of methoxy groups -OCH3 is 1. The van der Waals surface area contributed by atoms with Gasteiger partial charge in [0.15, 0.2) is 0 Å². The Balaban J connectivity index is 1.58. The number of ether oxygens (including phenoxy) is 1. The second kappa shape index (κ2) is 8.27. The Morgan fingerprint density at radius 3 is 2.60 bits per heavy atom. The number of para-hydroxylation sites is 2. The van der Waals surface area contributed by atoms with Crippen LogP contribution in [0.25, 0.3) is 0 Å². The topological polar surface area (TPSA) is 53.0 Å². The Labute approximate surface area is 152 Å². The molecule has 2 aromatic rings. The highest BCUT2D eigenvalue weighted by atomic mass is 32.2. The van der Waals surface area contributed by atoms with Crippen LogP contribution >= 0.6 is 11.9 Å². The molecule has 2 aromatic carbocycles. The van der Waals surface area contributed by atoms with E-state index in [0.717, 1.165) is 48.1 Å². The van der Waals surface area contributed by atoms with Crippen LogP contribution in [-0.2, 0) is 11.2 Å². The molecule has 1 fully saturated rings. The van der Waals surface area contributed by atoms with Crippen molar-refractivity contribution in [2.75, 3.05) is 38.2 Å². The van der Waals surface area contributed by atoms with Gasteiger partial charge in [0.1, 0.15) is 5.75 Å². The number of carboxylic acids is 1. The first kappa shape index (κ1) is 17.6. The van der Waals surface area contributed by atoms with Crippen LogP contribution in [0.4, 0.5) is 5.69 Å². The molecule has 132 valence electrons. The number of anilines is 1. The minimum absolute atomic E-state index is 0.0655. The number of benzene rings is 2. The highest BCUT2D eigenvalue weighted by Crippen LogP contribution is 2.30. The van der Waals surface area contributed by atoms with Crippen molar-refractivity contribution in [3.05, 3.63) is 54.1 Å². The maximum atomic E-state index is 10.9. The summed E-state index contributed by atoms with van der Waals surface area (Å²) < 4.78 is 7.78. The fraction of sp³-hybridized carbons (Fsp3) is 0.316. The molecule has 0 aliphatic carbocycles. The van der Waals surface area contributed by atoms with Crippen LogP contribution in [0, 0.1) is 0 Å². The highest BCUT2D eigenvalue weighted by Gasteiger charge is 2.20. The van der Waals surface area contributed by atoms with Gasteiger partial charge in [0, 0.05) is 31.1 Å². The molecule has 1 aliphatic rings. The third kappa shape index (κ3) is 4.67. The van der Waals surface area contributed by atoms with Crippen LogP contribution in [0.15, 0.2) is 53.4 Å². The Morgan fingerprint density at radius 2 is 1.88 bits per heavy atom. The molecule has 3 rings (SSSR count). The monoisotopic (exact) mass is 358 g/mol. The van der Waals surface area contributed by atoms with Crippen molar-refractivity contribution >= 4 is 23.6 Å². The smallest absolute Gasteiger partial charge is 0.307 e. The lowest BCUT2D eigenvalue weighted by Gasteiger charge is -2.35. The summed E-state index contributed by atoms with van der Waals surface area (Å²) in [6, 6.07) is 15.9. The second-order valence-electron chi connectivity index (χ2n) is 5.90. The summed E-state index contributed by atoms with van der Waals surface area (Å²) in [5.74, 6) is 0.109. The summed E-state index contributed by atoms with van der Waals surface area (Å²) in [5.41, 5.74) is 1.98. The summed E-state index contributed by atoms with van der Waals surface area (Å²) in [6.07, 6.45) is 0.0655. The first-order valence-electron chi connectivity index (χ1n) is 8.27. The Bertz CT molecular complexity index is 730. The molecule has 0 unspecified atom stereocenters. The molecule has 0 amide bonds. The van der Waals surface area contributed by atoms with E-state index in [1.54, 1.807) is 19.1 Å². The number of rotatable bonds is 6. The van der Waals surface area contributed by atoms with Crippen molar-refractivity contribution < 1.29 is 14.6 Å². The molecule has 25 heavy (non-hydrogen) atoms. The summed E-state index contributed by atoms with van der Waals surface area (Å²) in [6.45, 7) is 3.74. The fourth-order valence-corrected chi connectivity index (χ4v) is 3.93. The highest BCUT2D eigenvalue weighted by molar-refractivity contribution is 7.97. The van der Waals surface area contributed by atoms with Crippen molar-refractivity contribution in [2.45, 2.75) is 11.3 Å². The minimum Gasteiger partial charge on any atom is -0.495 e. The lowest BCUT2D eigenvalue weighted by atomic mass is 10.2. The minimum atomic E-state index is -0.799. The third-order valence-corrected chi connectivity index (χ3v) is 5.24. The normalized spacial score (nSPS) is 15.2. The van der Waals surface area contributed by atoms with Crippen LogP contribution < -0.4 is 9.64 Å². The first-order valence-corrected chi connectivity index (χ1v) is 9.04. The van der Waals surface area contributed by atoms with Gasteiger partial charge in [0.25, 0.3) is 0 Å². The first-order chi connectivity index (χ1) is 12.2. The van der Waals surface area contributed by atoms with Gasteiger partial charge in [-0.2, -0.15) is 0 Å². The lowest BCUT2D eigenvalue weighted by Crippen LogP contribution is -2.43. The van der Waals surface area contributed by atoms with Crippen molar-refractivity contribution in [1.82, 2.24) is 4.31 Å². The van der Waals surface area contributed by atoms with Crippen LogP contribution in [0.1, 0.15) is 5.56 Å². The summed E-state index contributed by atoms with van der Waals surface area (Å²) in [7, 11) is 1.70. The molecular formula is C19H22N2O3S. The predicted octanol–water partition coefficient (Wildman–Crippen LogP) is 3.15. The van der Waals surface area contributed by atoms with E-state index >= 15 is 0 Å². The maximum Gasteiger partial charge on any atom is 0.307 e. The van der Waals surface area contributed by atoms with Crippen molar-refractivity contribution in [3.8, 4) is 5.75 Å². The molecule has 6 heteroatoms. The van der Waals surface area contributed by atoms with E-state index in [1.807, 2.05) is 42.5 Å². The molecule has 1 N–H and O–H groups in total. The van der Waals surface area contributed by atoms with Crippen LogP contribution in [0.3, 0.4) is 0 Å². The molecule has 0 atom stereocenters. The van der Waals surface area contributed by atoms with E-state index in [0.29, 0.717) is 0 Å². The van der Waals surface area contributed by atoms with E-state index in [-0.39, 0.29) is 6.42 Å². The molecule has 1 aliphatic heterocycles. The molecule has 0 spiro atoms. The van der Waals surface area contributed by atoms with Crippen LogP contribution in [0.2, 0.25) is 0 Å². The van der Waals surface area contributed by atoms with Gasteiger partial charge in [0.2, 0.25) is 0 Å². The lowest BCUT2D eigenvalue weighted by molar-refractivity contribution is -0.136.